The Bertz CT molecular complexity index is 656. The van der Waals surface area contributed by atoms with Gasteiger partial charge in [0.1, 0.15) is 5.75 Å². The zero-order chi connectivity index (χ0) is 17.0. The van der Waals surface area contributed by atoms with Gasteiger partial charge in [0.05, 0.1) is 0 Å². The van der Waals surface area contributed by atoms with Crippen molar-refractivity contribution in [3.63, 3.8) is 0 Å². The van der Waals surface area contributed by atoms with Crippen LogP contribution in [0.25, 0.3) is 0 Å². The quantitative estimate of drug-likeness (QED) is 0.316. The maximum Gasteiger partial charge on any atom is 0.336 e. The van der Waals surface area contributed by atoms with Crippen LogP contribution in [0.5, 0.6) is 5.75 Å². The first-order chi connectivity index (χ1) is 11.7. The minimum absolute atomic E-state index is 0.301. The van der Waals surface area contributed by atoms with Crippen LogP contribution in [0.1, 0.15) is 63.5 Å². The summed E-state index contributed by atoms with van der Waals surface area (Å²) in [6.07, 6.45) is 15.9. The molecule has 0 bridgehead atoms. The molecule has 0 N–H and O–H groups in total. The number of carbonyl (C=O) groups excluding carboxylic acids is 1. The summed E-state index contributed by atoms with van der Waals surface area (Å²) in [7, 11) is 0. The van der Waals surface area contributed by atoms with E-state index in [0.717, 1.165) is 12.3 Å². The van der Waals surface area contributed by atoms with E-state index in [2.05, 4.69) is 19.1 Å². The van der Waals surface area contributed by atoms with E-state index in [1.54, 1.807) is 6.08 Å². The molecule has 2 atom stereocenters. The summed E-state index contributed by atoms with van der Waals surface area (Å²) in [6.45, 7) is 4.25. The van der Waals surface area contributed by atoms with Crippen molar-refractivity contribution in [2.75, 3.05) is 0 Å². The van der Waals surface area contributed by atoms with Crippen LogP contribution in [0.4, 0.5) is 0 Å². The monoisotopic (exact) mass is 324 g/mol. The number of allylic oxidation sites excluding steroid dienone is 3. The van der Waals surface area contributed by atoms with Gasteiger partial charge in [-0.1, -0.05) is 44.1 Å². The van der Waals surface area contributed by atoms with E-state index < -0.39 is 0 Å². The largest absolute Gasteiger partial charge is 0.423 e. The third-order valence-electron chi connectivity index (χ3n) is 5.97. The lowest BCUT2D eigenvalue weighted by molar-refractivity contribution is -0.129. The fourth-order valence-corrected chi connectivity index (χ4v) is 4.77. The van der Waals surface area contributed by atoms with Crippen molar-refractivity contribution >= 4 is 5.97 Å². The Kier molecular flexibility index (Phi) is 5.23. The summed E-state index contributed by atoms with van der Waals surface area (Å²) >= 11 is 0. The normalized spacial score (nSPS) is 26.3. The van der Waals surface area contributed by atoms with Crippen LogP contribution in [0.2, 0.25) is 0 Å². The Balaban J connectivity index is 1.87. The predicted octanol–water partition coefficient (Wildman–Crippen LogP) is 5.51. The van der Waals surface area contributed by atoms with Gasteiger partial charge in [-0.15, -0.1) is 0 Å². The number of esters is 1. The summed E-state index contributed by atoms with van der Waals surface area (Å²) in [6, 6.07) is 6.28. The molecular weight excluding hydrogens is 296 g/mol. The lowest BCUT2D eigenvalue weighted by Crippen LogP contribution is -2.41. The third kappa shape index (κ3) is 3.19. The third-order valence-corrected chi connectivity index (χ3v) is 5.97. The van der Waals surface area contributed by atoms with Crippen molar-refractivity contribution in [2.45, 2.75) is 64.2 Å². The second-order valence-corrected chi connectivity index (χ2v) is 7.12. The number of hydrogen-bond acceptors (Lipinski definition) is 2. The molecule has 2 aliphatic carbocycles. The molecule has 0 aromatic heterocycles. The molecule has 0 heterocycles. The van der Waals surface area contributed by atoms with Crippen molar-refractivity contribution in [1.29, 1.82) is 0 Å². The van der Waals surface area contributed by atoms with Crippen molar-refractivity contribution in [3.05, 3.63) is 53.6 Å². The van der Waals surface area contributed by atoms with E-state index in [9.17, 15) is 4.79 Å². The maximum absolute atomic E-state index is 11.9. The second kappa shape index (κ2) is 7.38. The fourth-order valence-electron chi connectivity index (χ4n) is 4.77. The number of ether oxygens (including phenoxy) is 1. The molecule has 0 saturated heterocycles. The van der Waals surface area contributed by atoms with Gasteiger partial charge >= 0.3 is 5.97 Å². The molecule has 0 amide bonds. The van der Waals surface area contributed by atoms with E-state index in [-0.39, 0.29) is 5.97 Å². The van der Waals surface area contributed by atoms with Crippen LogP contribution >= 0.6 is 0 Å². The average Bonchev–Trinajstić information content (AvgIpc) is 2.61. The van der Waals surface area contributed by atoms with Crippen molar-refractivity contribution in [3.8, 4) is 5.75 Å². The average molecular weight is 324 g/mol. The highest BCUT2D eigenvalue weighted by Crippen LogP contribution is 2.52. The molecule has 0 aliphatic heterocycles. The summed E-state index contributed by atoms with van der Waals surface area (Å²) in [5, 5.41) is 0. The van der Waals surface area contributed by atoms with Crippen LogP contribution in [0, 0.1) is 5.92 Å². The molecule has 2 aliphatic rings. The van der Waals surface area contributed by atoms with Gasteiger partial charge < -0.3 is 4.74 Å². The van der Waals surface area contributed by atoms with Crippen molar-refractivity contribution < 1.29 is 9.53 Å². The number of rotatable bonds is 4. The number of fused-ring (bicyclic) bond motifs is 3. The predicted molar refractivity (Wildman–Crippen MR) is 98.3 cm³/mol. The minimum Gasteiger partial charge on any atom is -0.423 e. The molecule has 0 radical (unpaired) electrons. The zero-order valence-electron chi connectivity index (χ0n) is 14.9. The van der Waals surface area contributed by atoms with Crippen LogP contribution in [-0.4, -0.2) is 5.97 Å². The number of hydrogen-bond donors (Lipinski definition) is 0. The molecule has 2 nitrogen and oxygen atoms in total. The van der Waals surface area contributed by atoms with Crippen molar-refractivity contribution in [2.24, 2.45) is 5.92 Å². The van der Waals surface area contributed by atoms with Crippen molar-refractivity contribution in [1.82, 2.24) is 0 Å². The number of aryl methyl sites for hydroxylation is 1. The van der Waals surface area contributed by atoms with Gasteiger partial charge in [0, 0.05) is 6.08 Å². The highest BCUT2D eigenvalue weighted by molar-refractivity contribution is 5.84. The first-order valence-electron chi connectivity index (χ1n) is 9.34. The van der Waals surface area contributed by atoms with E-state index in [1.807, 2.05) is 25.1 Å². The first kappa shape index (κ1) is 17.0. The number of carbonyl (C=O) groups is 1. The lowest BCUT2D eigenvalue weighted by atomic mass is 9.56. The topological polar surface area (TPSA) is 26.3 Å². The van der Waals surface area contributed by atoms with E-state index in [1.165, 1.54) is 55.7 Å². The smallest absolute Gasteiger partial charge is 0.336 e. The van der Waals surface area contributed by atoms with E-state index in [4.69, 9.17) is 4.74 Å². The Morgan fingerprint density at radius 3 is 2.96 bits per heavy atom. The molecule has 1 aromatic carbocycles. The van der Waals surface area contributed by atoms with Gasteiger partial charge in [-0.25, -0.2) is 4.79 Å². The molecule has 1 aromatic rings. The maximum atomic E-state index is 11.9. The SMILES string of the molecule is C/C=C/C=C/C(=O)Oc1ccc2c(c1)[C@]1(CC)CCCC[C@@H]1CC2. The van der Waals surface area contributed by atoms with Gasteiger partial charge in [0.25, 0.3) is 0 Å². The zero-order valence-corrected chi connectivity index (χ0v) is 14.9. The second-order valence-electron chi connectivity index (χ2n) is 7.12. The minimum atomic E-state index is -0.311. The summed E-state index contributed by atoms with van der Waals surface area (Å²) in [4.78, 5) is 11.9. The van der Waals surface area contributed by atoms with Gasteiger partial charge in [-0.2, -0.15) is 0 Å². The molecule has 3 rings (SSSR count). The fraction of sp³-hybridized carbons (Fsp3) is 0.500. The molecule has 2 heteroatoms. The van der Waals surface area contributed by atoms with E-state index in [0.29, 0.717) is 11.2 Å². The van der Waals surface area contributed by atoms with Crippen LogP contribution in [-0.2, 0) is 16.6 Å². The molecule has 24 heavy (non-hydrogen) atoms. The molecule has 128 valence electrons. The Morgan fingerprint density at radius 1 is 1.29 bits per heavy atom. The van der Waals surface area contributed by atoms with Crippen LogP contribution in [0.15, 0.2) is 42.5 Å². The van der Waals surface area contributed by atoms with Crippen LogP contribution in [0.3, 0.4) is 0 Å². The summed E-state index contributed by atoms with van der Waals surface area (Å²) in [5.41, 5.74) is 3.21. The molecule has 1 fully saturated rings. The molecular formula is C22H28O2. The summed E-state index contributed by atoms with van der Waals surface area (Å²) in [5.74, 6) is 1.17. The first-order valence-corrected chi connectivity index (χ1v) is 9.34. The van der Waals surface area contributed by atoms with E-state index >= 15 is 0 Å². The lowest BCUT2D eigenvalue weighted by Gasteiger charge is -2.48. The Morgan fingerprint density at radius 2 is 2.17 bits per heavy atom. The van der Waals surface area contributed by atoms with Gasteiger partial charge in [-0.3, -0.25) is 0 Å². The highest BCUT2D eigenvalue weighted by Gasteiger charge is 2.44. The van der Waals surface area contributed by atoms with Gasteiger partial charge in [-0.05, 0) is 73.6 Å². The Labute approximate surface area is 145 Å². The van der Waals surface area contributed by atoms with Gasteiger partial charge in [0.2, 0.25) is 0 Å². The summed E-state index contributed by atoms with van der Waals surface area (Å²) < 4.78 is 5.54. The Hall–Kier alpha value is -1.83. The number of benzene rings is 1. The molecule has 1 saturated carbocycles. The van der Waals surface area contributed by atoms with Crippen LogP contribution < -0.4 is 4.74 Å². The van der Waals surface area contributed by atoms with Gasteiger partial charge in [0.15, 0.2) is 0 Å². The standard InChI is InChI=1S/C22H28O2/c1-3-5-6-10-21(23)24-19-14-12-17-11-13-18-9-7-8-15-22(18,4-2)20(17)16-19/h3,5-6,10,12,14,16,18H,4,7-9,11,13,15H2,1-2H3/b5-3+,10-6+/t18-,22-/m1/s1. The highest BCUT2D eigenvalue weighted by atomic mass is 16.5. The molecule has 0 spiro atoms. The molecule has 0 unspecified atom stereocenters.